The molecule has 1 amide bonds. The molecule has 146 valence electrons. The molecule has 27 heavy (non-hydrogen) atoms. The van der Waals surface area contributed by atoms with Crippen LogP contribution in [0.25, 0.3) is 0 Å². The number of carboxylic acid groups (broad SMARTS) is 1. The second-order valence-electron chi connectivity index (χ2n) is 6.21. The lowest BCUT2D eigenvalue weighted by Crippen LogP contribution is -2.36. The Morgan fingerprint density at radius 2 is 2.04 bits per heavy atom. The summed E-state index contributed by atoms with van der Waals surface area (Å²) in [6.45, 7) is 0.535. The number of aromatic carboxylic acids is 1. The topological polar surface area (TPSA) is 75.6 Å². The van der Waals surface area contributed by atoms with Crippen molar-refractivity contribution >= 4 is 34.8 Å². The summed E-state index contributed by atoms with van der Waals surface area (Å²) in [5.74, 6) is -1.01. The van der Waals surface area contributed by atoms with E-state index in [0.29, 0.717) is 17.8 Å². The number of carbonyl (C=O) groups excluding carboxylic acids is 1. The van der Waals surface area contributed by atoms with Crippen molar-refractivity contribution in [2.45, 2.75) is 38.2 Å². The van der Waals surface area contributed by atoms with Gasteiger partial charge in [0, 0.05) is 23.6 Å². The summed E-state index contributed by atoms with van der Waals surface area (Å²) in [5.41, 5.74) is 1.15. The number of hydrogen-bond acceptors (Lipinski definition) is 4. The zero-order chi connectivity index (χ0) is 19.6. The fourth-order valence-electron chi connectivity index (χ4n) is 2.76. The second-order valence-corrected chi connectivity index (χ2v) is 7.82. The van der Waals surface area contributed by atoms with Crippen molar-refractivity contribution in [3.63, 3.8) is 0 Å². The molecule has 2 aromatic rings. The first-order chi connectivity index (χ1) is 13.0. The number of benzene rings is 1. The van der Waals surface area contributed by atoms with E-state index in [1.54, 1.807) is 13.2 Å². The number of methoxy groups -OCH3 is 1. The molecule has 2 N–H and O–H groups in total. The van der Waals surface area contributed by atoms with Gasteiger partial charge >= 0.3 is 5.97 Å². The lowest BCUT2D eigenvalue weighted by Gasteiger charge is -2.15. The average molecular weight is 410 g/mol. The number of rotatable bonds is 11. The van der Waals surface area contributed by atoms with Crippen LogP contribution in [0.15, 0.2) is 36.4 Å². The van der Waals surface area contributed by atoms with Crippen molar-refractivity contribution < 1.29 is 19.4 Å². The van der Waals surface area contributed by atoms with Gasteiger partial charge in [0.2, 0.25) is 5.91 Å². The van der Waals surface area contributed by atoms with E-state index in [1.165, 1.54) is 11.3 Å². The van der Waals surface area contributed by atoms with Gasteiger partial charge in [-0.3, -0.25) is 4.79 Å². The van der Waals surface area contributed by atoms with Gasteiger partial charge < -0.3 is 15.2 Å². The predicted molar refractivity (Wildman–Crippen MR) is 108 cm³/mol. The maximum absolute atomic E-state index is 12.2. The summed E-state index contributed by atoms with van der Waals surface area (Å²) in [5, 5.41) is 12.5. The van der Waals surface area contributed by atoms with E-state index < -0.39 is 12.1 Å². The van der Waals surface area contributed by atoms with Crippen LogP contribution in [-0.4, -0.2) is 36.7 Å². The molecule has 0 aliphatic rings. The minimum absolute atomic E-state index is 0.110. The van der Waals surface area contributed by atoms with Gasteiger partial charge in [-0.15, -0.1) is 11.3 Å². The molecule has 1 aromatic carbocycles. The number of hydrogen-bond donors (Lipinski definition) is 2. The molecule has 1 unspecified atom stereocenters. The molecule has 0 saturated carbocycles. The lowest BCUT2D eigenvalue weighted by molar-refractivity contribution is -0.131. The molecule has 0 bridgehead atoms. The van der Waals surface area contributed by atoms with Gasteiger partial charge in [-0.1, -0.05) is 23.7 Å². The van der Waals surface area contributed by atoms with Crippen molar-refractivity contribution in [2.24, 2.45) is 0 Å². The standard InChI is InChI=1S/C20H24ClNO4S/c1-26-17(9-3-6-14-5-2-7-15(21)13-14)19(23)22-12-4-8-16-10-11-18(27-16)20(24)25/h2,5,7,10-11,13,17H,3-4,6,8-9,12H2,1H3,(H,22,23)(H,24,25). The van der Waals surface area contributed by atoms with E-state index in [0.717, 1.165) is 41.1 Å². The number of amides is 1. The van der Waals surface area contributed by atoms with E-state index in [-0.39, 0.29) is 5.91 Å². The number of carboxylic acids is 1. The summed E-state index contributed by atoms with van der Waals surface area (Å²) in [6, 6.07) is 11.2. The molecule has 0 aliphatic carbocycles. The molecule has 5 nitrogen and oxygen atoms in total. The third-order valence-corrected chi connectivity index (χ3v) is 5.54. The highest BCUT2D eigenvalue weighted by molar-refractivity contribution is 7.13. The summed E-state index contributed by atoms with van der Waals surface area (Å²) < 4.78 is 5.32. The fraction of sp³-hybridized carbons (Fsp3) is 0.400. The van der Waals surface area contributed by atoms with Crippen molar-refractivity contribution in [1.82, 2.24) is 5.32 Å². The smallest absolute Gasteiger partial charge is 0.345 e. The van der Waals surface area contributed by atoms with Gasteiger partial charge in [0.25, 0.3) is 0 Å². The fourth-order valence-corrected chi connectivity index (χ4v) is 3.86. The molecule has 1 aromatic heterocycles. The van der Waals surface area contributed by atoms with Crippen LogP contribution in [0.1, 0.15) is 39.4 Å². The van der Waals surface area contributed by atoms with Gasteiger partial charge in [0.15, 0.2) is 0 Å². The number of halogens is 1. The molecule has 1 atom stereocenters. The van der Waals surface area contributed by atoms with Crippen molar-refractivity contribution in [3.8, 4) is 0 Å². The molecule has 0 saturated heterocycles. The largest absolute Gasteiger partial charge is 0.477 e. The zero-order valence-electron chi connectivity index (χ0n) is 15.2. The van der Waals surface area contributed by atoms with E-state index in [1.807, 2.05) is 30.3 Å². The van der Waals surface area contributed by atoms with Crippen molar-refractivity contribution in [1.29, 1.82) is 0 Å². The number of carbonyl (C=O) groups is 2. The first kappa shape index (κ1) is 21.4. The number of ether oxygens (including phenoxy) is 1. The molecule has 0 spiro atoms. The summed E-state index contributed by atoms with van der Waals surface area (Å²) in [6.07, 6.45) is 3.35. The zero-order valence-corrected chi connectivity index (χ0v) is 16.8. The van der Waals surface area contributed by atoms with Crippen LogP contribution in [0.5, 0.6) is 0 Å². The van der Waals surface area contributed by atoms with Gasteiger partial charge in [-0.05, 0) is 61.9 Å². The molecular formula is C20H24ClNO4S. The third-order valence-electron chi connectivity index (χ3n) is 4.17. The molecule has 0 fully saturated rings. The van der Waals surface area contributed by atoms with Gasteiger partial charge in [0.05, 0.1) is 0 Å². The molecule has 0 aliphatic heterocycles. The molecule has 2 rings (SSSR count). The Kier molecular flexibility index (Phi) is 8.78. The Hall–Kier alpha value is -1.89. The first-order valence-corrected chi connectivity index (χ1v) is 10.1. The molecule has 1 heterocycles. The van der Waals surface area contributed by atoms with Crippen LogP contribution in [0.3, 0.4) is 0 Å². The maximum atomic E-state index is 12.2. The first-order valence-electron chi connectivity index (χ1n) is 8.86. The van der Waals surface area contributed by atoms with E-state index in [9.17, 15) is 9.59 Å². The maximum Gasteiger partial charge on any atom is 0.345 e. The van der Waals surface area contributed by atoms with Crippen LogP contribution in [0.2, 0.25) is 5.02 Å². The number of thiophene rings is 1. The van der Waals surface area contributed by atoms with Crippen LogP contribution in [-0.2, 0) is 22.4 Å². The summed E-state index contributed by atoms with van der Waals surface area (Å²) in [4.78, 5) is 24.5. The Morgan fingerprint density at radius 3 is 2.70 bits per heavy atom. The SMILES string of the molecule is COC(CCCc1cccc(Cl)c1)C(=O)NCCCc1ccc(C(=O)O)s1. The Bertz CT molecular complexity index is 762. The minimum Gasteiger partial charge on any atom is -0.477 e. The van der Waals surface area contributed by atoms with Crippen LogP contribution < -0.4 is 5.32 Å². The van der Waals surface area contributed by atoms with E-state index in [2.05, 4.69) is 5.32 Å². The highest BCUT2D eigenvalue weighted by atomic mass is 35.5. The molecule has 7 heteroatoms. The second kappa shape index (κ2) is 11.1. The average Bonchev–Trinajstić information content (AvgIpc) is 3.11. The van der Waals surface area contributed by atoms with Crippen LogP contribution in [0.4, 0.5) is 0 Å². The van der Waals surface area contributed by atoms with E-state index >= 15 is 0 Å². The highest BCUT2D eigenvalue weighted by Gasteiger charge is 2.17. The minimum atomic E-state index is -0.903. The highest BCUT2D eigenvalue weighted by Crippen LogP contribution is 2.18. The predicted octanol–water partition coefficient (Wildman–Crippen LogP) is 4.19. The summed E-state index contributed by atoms with van der Waals surface area (Å²) >= 11 is 7.25. The van der Waals surface area contributed by atoms with E-state index in [4.69, 9.17) is 21.4 Å². The van der Waals surface area contributed by atoms with Crippen molar-refractivity contribution in [3.05, 3.63) is 56.7 Å². The Labute approximate surface area is 168 Å². The van der Waals surface area contributed by atoms with Gasteiger partial charge in [-0.25, -0.2) is 4.79 Å². The van der Waals surface area contributed by atoms with Crippen molar-refractivity contribution in [2.75, 3.05) is 13.7 Å². The van der Waals surface area contributed by atoms with Crippen LogP contribution >= 0.6 is 22.9 Å². The summed E-state index contributed by atoms with van der Waals surface area (Å²) in [7, 11) is 1.54. The third kappa shape index (κ3) is 7.33. The Morgan fingerprint density at radius 1 is 1.22 bits per heavy atom. The number of nitrogens with one attached hydrogen (secondary N) is 1. The molecule has 0 radical (unpaired) electrons. The number of aryl methyl sites for hydroxylation is 2. The van der Waals surface area contributed by atoms with Crippen LogP contribution in [0, 0.1) is 0 Å². The monoisotopic (exact) mass is 409 g/mol. The normalized spacial score (nSPS) is 11.9. The Balaban J connectivity index is 1.67. The van der Waals surface area contributed by atoms with Gasteiger partial charge in [-0.2, -0.15) is 0 Å². The lowest BCUT2D eigenvalue weighted by atomic mass is 10.1. The molecular weight excluding hydrogens is 386 g/mol. The quantitative estimate of drug-likeness (QED) is 0.546. The van der Waals surface area contributed by atoms with Gasteiger partial charge in [0.1, 0.15) is 11.0 Å².